The first-order valence-electron chi connectivity index (χ1n) is 7.56. The highest BCUT2D eigenvalue weighted by Gasteiger charge is 2.11. The van der Waals surface area contributed by atoms with Crippen LogP contribution in [0.25, 0.3) is 0 Å². The molecule has 0 unspecified atom stereocenters. The van der Waals surface area contributed by atoms with Gasteiger partial charge < -0.3 is 10.2 Å². The Morgan fingerprint density at radius 1 is 1.14 bits per heavy atom. The van der Waals surface area contributed by atoms with Crippen LogP contribution in [-0.4, -0.2) is 38.9 Å². The standard InChI is InChI=1S/C15H23N3O3S/c16-22(20,21)14-6-4-13(5-7-14)12-17-15(19)8-11-18-9-2-1-3-10-18/h4-7H,1-3,8-12H2,(H,17,19)(H2,16,20,21). The summed E-state index contributed by atoms with van der Waals surface area (Å²) in [7, 11) is -3.66. The fraction of sp³-hybridized carbons (Fsp3) is 0.533. The summed E-state index contributed by atoms with van der Waals surface area (Å²) in [5.41, 5.74) is 0.846. The van der Waals surface area contributed by atoms with Gasteiger partial charge >= 0.3 is 0 Å². The van der Waals surface area contributed by atoms with Crippen molar-refractivity contribution >= 4 is 15.9 Å². The maximum absolute atomic E-state index is 11.8. The molecule has 1 aromatic rings. The molecule has 1 saturated heterocycles. The number of sulfonamides is 1. The van der Waals surface area contributed by atoms with E-state index in [0.29, 0.717) is 13.0 Å². The normalized spacial score (nSPS) is 16.4. The molecule has 0 saturated carbocycles. The van der Waals surface area contributed by atoms with Gasteiger partial charge in [-0.3, -0.25) is 4.79 Å². The number of benzene rings is 1. The minimum absolute atomic E-state index is 0.0149. The van der Waals surface area contributed by atoms with Crippen LogP contribution in [0.1, 0.15) is 31.2 Å². The molecular formula is C15H23N3O3S. The van der Waals surface area contributed by atoms with Crippen molar-refractivity contribution < 1.29 is 13.2 Å². The first-order chi connectivity index (χ1) is 10.4. The Morgan fingerprint density at radius 2 is 1.77 bits per heavy atom. The third kappa shape index (κ3) is 5.40. The van der Waals surface area contributed by atoms with Crippen molar-refractivity contribution in [3.63, 3.8) is 0 Å². The minimum Gasteiger partial charge on any atom is -0.352 e. The zero-order chi connectivity index (χ0) is 16.0. The van der Waals surface area contributed by atoms with Crippen LogP contribution in [0.2, 0.25) is 0 Å². The van der Waals surface area contributed by atoms with Gasteiger partial charge in [0, 0.05) is 19.5 Å². The van der Waals surface area contributed by atoms with Gasteiger partial charge in [0.25, 0.3) is 0 Å². The molecule has 0 radical (unpaired) electrons. The molecule has 1 aliphatic rings. The van der Waals surface area contributed by atoms with E-state index in [1.165, 1.54) is 31.4 Å². The van der Waals surface area contributed by atoms with Crippen molar-refractivity contribution in [1.82, 2.24) is 10.2 Å². The van der Waals surface area contributed by atoms with Crippen LogP contribution in [0.4, 0.5) is 0 Å². The van der Waals surface area contributed by atoms with Crippen LogP contribution in [0.15, 0.2) is 29.2 Å². The van der Waals surface area contributed by atoms with Gasteiger partial charge in [0.2, 0.25) is 15.9 Å². The third-order valence-electron chi connectivity index (χ3n) is 3.85. The van der Waals surface area contributed by atoms with Gasteiger partial charge in [0.05, 0.1) is 4.90 Å². The van der Waals surface area contributed by atoms with Crippen LogP contribution in [0, 0.1) is 0 Å². The Hall–Kier alpha value is -1.44. The molecule has 1 amide bonds. The molecule has 3 N–H and O–H groups in total. The van der Waals surface area contributed by atoms with Crippen molar-refractivity contribution in [3.05, 3.63) is 29.8 Å². The second-order valence-electron chi connectivity index (χ2n) is 5.62. The average molecular weight is 325 g/mol. The average Bonchev–Trinajstić information content (AvgIpc) is 2.51. The Labute approximate surface area is 131 Å². The Balaban J connectivity index is 1.73. The summed E-state index contributed by atoms with van der Waals surface area (Å²) in [5.74, 6) is 0.0149. The summed E-state index contributed by atoms with van der Waals surface area (Å²) >= 11 is 0. The number of primary sulfonamides is 1. The molecule has 122 valence electrons. The lowest BCUT2D eigenvalue weighted by Crippen LogP contribution is -2.34. The predicted molar refractivity (Wildman–Crippen MR) is 84.6 cm³/mol. The highest BCUT2D eigenvalue weighted by Crippen LogP contribution is 2.10. The van der Waals surface area contributed by atoms with Crippen LogP contribution in [-0.2, 0) is 21.4 Å². The van der Waals surface area contributed by atoms with E-state index in [4.69, 9.17) is 5.14 Å². The fourth-order valence-corrected chi connectivity index (χ4v) is 3.04. The number of hydrogen-bond donors (Lipinski definition) is 2. The molecule has 22 heavy (non-hydrogen) atoms. The predicted octanol–water partition coefficient (Wildman–Crippen LogP) is 0.826. The molecule has 2 rings (SSSR count). The first kappa shape index (κ1) is 16.9. The second kappa shape index (κ2) is 7.71. The third-order valence-corrected chi connectivity index (χ3v) is 4.77. The lowest BCUT2D eigenvalue weighted by atomic mass is 10.1. The number of nitrogens with two attached hydrogens (primary N) is 1. The number of likely N-dealkylation sites (tertiary alicyclic amines) is 1. The van der Waals surface area contributed by atoms with Gasteiger partial charge in [-0.05, 0) is 43.6 Å². The van der Waals surface area contributed by atoms with Crippen molar-refractivity contribution in [2.75, 3.05) is 19.6 Å². The zero-order valence-corrected chi connectivity index (χ0v) is 13.4. The maximum atomic E-state index is 11.8. The van der Waals surface area contributed by atoms with Gasteiger partial charge in [0.15, 0.2) is 0 Å². The van der Waals surface area contributed by atoms with E-state index >= 15 is 0 Å². The Bertz CT molecular complexity index is 593. The molecule has 0 atom stereocenters. The molecule has 0 aromatic heterocycles. The number of nitrogens with one attached hydrogen (secondary N) is 1. The molecular weight excluding hydrogens is 302 g/mol. The van der Waals surface area contributed by atoms with Crippen molar-refractivity contribution in [1.29, 1.82) is 0 Å². The number of carbonyl (C=O) groups is 1. The topological polar surface area (TPSA) is 92.5 Å². The highest BCUT2D eigenvalue weighted by molar-refractivity contribution is 7.89. The SMILES string of the molecule is NS(=O)(=O)c1ccc(CNC(=O)CCN2CCCCC2)cc1. The van der Waals surface area contributed by atoms with E-state index in [2.05, 4.69) is 10.2 Å². The van der Waals surface area contributed by atoms with Gasteiger partial charge in [-0.25, -0.2) is 13.6 Å². The maximum Gasteiger partial charge on any atom is 0.238 e. The molecule has 0 aliphatic carbocycles. The minimum atomic E-state index is -3.66. The van der Waals surface area contributed by atoms with Crippen LogP contribution in [0.3, 0.4) is 0 Å². The Morgan fingerprint density at radius 3 is 2.36 bits per heavy atom. The fourth-order valence-electron chi connectivity index (χ4n) is 2.53. The molecule has 0 bridgehead atoms. The van der Waals surface area contributed by atoms with E-state index in [-0.39, 0.29) is 10.8 Å². The lowest BCUT2D eigenvalue weighted by molar-refractivity contribution is -0.121. The molecule has 7 heteroatoms. The monoisotopic (exact) mass is 325 g/mol. The molecule has 1 aliphatic heterocycles. The highest BCUT2D eigenvalue weighted by atomic mass is 32.2. The van der Waals surface area contributed by atoms with E-state index in [0.717, 1.165) is 25.2 Å². The smallest absolute Gasteiger partial charge is 0.238 e. The van der Waals surface area contributed by atoms with E-state index < -0.39 is 10.0 Å². The quantitative estimate of drug-likeness (QED) is 0.810. The number of rotatable bonds is 6. The second-order valence-corrected chi connectivity index (χ2v) is 7.18. The van der Waals surface area contributed by atoms with E-state index in [1.807, 2.05) is 0 Å². The summed E-state index contributed by atoms with van der Waals surface area (Å²) in [5, 5.41) is 7.89. The molecule has 6 nitrogen and oxygen atoms in total. The van der Waals surface area contributed by atoms with Crippen molar-refractivity contribution in [2.45, 2.75) is 37.1 Å². The van der Waals surface area contributed by atoms with E-state index in [1.54, 1.807) is 12.1 Å². The number of amides is 1. The number of carbonyl (C=O) groups excluding carboxylic acids is 1. The summed E-state index contributed by atoms with van der Waals surface area (Å²) in [6.07, 6.45) is 4.22. The molecule has 1 fully saturated rings. The molecule has 1 aromatic carbocycles. The lowest BCUT2D eigenvalue weighted by Gasteiger charge is -2.25. The summed E-state index contributed by atoms with van der Waals surface area (Å²) < 4.78 is 22.3. The van der Waals surface area contributed by atoms with Crippen LogP contribution in [0.5, 0.6) is 0 Å². The summed E-state index contributed by atoms with van der Waals surface area (Å²) in [6, 6.07) is 6.21. The number of piperidine rings is 1. The number of nitrogens with zero attached hydrogens (tertiary/aromatic N) is 1. The number of hydrogen-bond acceptors (Lipinski definition) is 4. The van der Waals surface area contributed by atoms with Crippen LogP contribution >= 0.6 is 0 Å². The van der Waals surface area contributed by atoms with Gasteiger partial charge in [0.1, 0.15) is 0 Å². The molecule has 0 spiro atoms. The van der Waals surface area contributed by atoms with Gasteiger partial charge in [-0.1, -0.05) is 18.6 Å². The molecule has 1 heterocycles. The largest absolute Gasteiger partial charge is 0.352 e. The van der Waals surface area contributed by atoms with E-state index in [9.17, 15) is 13.2 Å². The van der Waals surface area contributed by atoms with Gasteiger partial charge in [-0.15, -0.1) is 0 Å². The van der Waals surface area contributed by atoms with Crippen molar-refractivity contribution in [2.24, 2.45) is 5.14 Å². The zero-order valence-electron chi connectivity index (χ0n) is 12.6. The Kier molecular flexibility index (Phi) is 5.93. The van der Waals surface area contributed by atoms with Gasteiger partial charge in [-0.2, -0.15) is 0 Å². The van der Waals surface area contributed by atoms with Crippen molar-refractivity contribution in [3.8, 4) is 0 Å². The first-order valence-corrected chi connectivity index (χ1v) is 9.10. The van der Waals surface area contributed by atoms with Crippen LogP contribution < -0.4 is 10.5 Å². The summed E-state index contributed by atoms with van der Waals surface area (Å²) in [6.45, 7) is 3.37. The summed E-state index contributed by atoms with van der Waals surface area (Å²) in [4.78, 5) is 14.2.